The standard InChI is InChI=1S/C30H42ClN3O6/c1-39-28(37)25(17-22-18-30(34-26(22)35)13-6-3-7-14-30)32-27(36)24(16-20-9-4-2-5-10-20)33-29(38)40-19-21-11-8-12-23(31)15-21/h8,11-12,15,20,22,24-25H,2-7,9-10,13-14,16-19H2,1H3,(H,32,36)(H,33,38)(H,34,35). The van der Waals surface area contributed by atoms with Crippen LogP contribution in [0.5, 0.6) is 0 Å². The highest BCUT2D eigenvalue weighted by Gasteiger charge is 2.46. The van der Waals surface area contributed by atoms with E-state index in [1.165, 1.54) is 13.5 Å². The Morgan fingerprint density at radius 1 is 1.02 bits per heavy atom. The van der Waals surface area contributed by atoms with Crippen molar-refractivity contribution in [2.24, 2.45) is 11.8 Å². The fraction of sp³-hybridized carbons (Fsp3) is 0.667. The van der Waals surface area contributed by atoms with Crippen LogP contribution in [0.2, 0.25) is 5.02 Å². The molecule has 1 spiro atoms. The molecular weight excluding hydrogens is 534 g/mol. The van der Waals surface area contributed by atoms with E-state index in [0.29, 0.717) is 17.9 Å². The third kappa shape index (κ3) is 8.35. The summed E-state index contributed by atoms with van der Waals surface area (Å²) in [5.74, 6) is -1.28. The number of rotatable bonds is 10. The predicted octanol–water partition coefficient (Wildman–Crippen LogP) is 4.79. The maximum Gasteiger partial charge on any atom is 0.408 e. The van der Waals surface area contributed by atoms with E-state index in [2.05, 4.69) is 16.0 Å². The molecule has 40 heavy (non-hydrogen) atoms. The number of methoxy groups -OCH3 is 1. The van der Waals surface area contributed by atoms with Gasteiger partial charge in [-0.1, -0.05) is 75.1 Å². The monoisotopic (exact) mass is 575 g/mol. The minimum Gasteiger partial charge on any atom is -0.467 e. The molecule has 3 amide bonds. The zero-order valence-electron chi connectivity index (χ0n) is 23.3. The Hall–Kier alpha value is -2.81. The number of carbonyl (C=O) groups excluding carboxylic acids is 4. The van der Waals surface area contributed by atoms with Gasteiger partial charge in [-0.2, -0.15) is 0 Å². The highest BCUT2D eigenvalue weighted by Crippen LogP contribution is 2.39. The third-order valence-electron chi connectivity index (χ3n) is 8.69. The number of ether oxygens (including phenoxy) is 2. The Kier molecular flexibility index (Phi) is 10.7. The first-order valence-electron chi connectivity index (χ1n) is 14.6. The predicted molar refractivity (Wildman–Crippen MR) is 150 cm³/mol. The molecular formula is C30H42ClN3O6. The second-order valence-corrected chi connectivity index (χ2v) is 12.1. The molecule has 3 atom stereocenters. The Morgan fingerprint density at radius 2 is 1.75 bits per heavy atom. The zero-order chi connectivity index (χ0) is 28.5. The quantitative estimate of drug-likeness (QED) is 0.345. The van der Waals surface area contributed by atoms with Crippen LogP contribution in [0.4, 0.5) is 4.79 Å². The number of alkyl carbamates (subject to hydrolysis) is 1. The lowest BCUT2D eigenvalue weighted by atomic mass is 9.78. The van der Waals surface area contributed by atoms with Gasteiger partial charge in [-0.25, -0.2) is 9.59 Å². The van der Waals surface area contributed by atoms with Crippen LogP contribution >= 0.6 is 11.6 Å². The second-order valence-electron chi connectivity index (χ2n) is 11.7. The summed E-state index contributed by atoms with van der Waals surface area (Å²) in [5, 5.41) is 9.24. The third-order valence-corrected chi connectivity index (χ3v) is 8.93. The van der Waals surface area contributed by atoms with Crippen LogP contribution in [-0.2, 0) is 30.5 Å². The van der Waals surface area contributed by atoms with E-state index in [0.717, 1.165) is 63.4 Å². The highest BCUT2D eigenvalue weighted by molar-refractivity contribution is 6.30. The van der Waals surface area contributed by atoms with E-state index in [9.17, 15) is 19.2 Å². The van der Waals surface area contributed by atoms with Crippen molar-refractivity contribution in [2.75, 3.05) is 7.11 Å². The molecule has 0 radical (unpaired) electrons. The van der Waals surface area contributed by atoms with Crippen molar-refractivity contribution in [2.45, 2.75) is 108 Å². The molecule has 3 aliphatic rings. The van der Waals surface area contributed by atoms with Crippen LogP contribution in [-0.4, -0.2) is 48.6 Å². The van der Waals surface area contributed by atoms with Crippen molar-refractivity contribution in [3.05, 3.63) is 34.9 Å². The average molecular weight is 576 g/mol. The highest BCUT2D eigenvalue weighted by atomic mass is 35.5. The lowest BCUT2D eigenvalue weighted by molar-refractivity contribution is -0.146. The van der Waals surface area contributed by atoms with Gasteiger partial charge < -0.3 is 25.4 Å². The molecule has 3 unspecified atom stereocenters. The van der Waals surface area contributed by atoms with E-state index >= 15 is 0 Å². The summed E-state index contributed by atoms with van der Waals surface area (Å²) in [6.07, 6.45) is 11.0. The molecule has 2 saturated carbocycles. The topological polar surface area (TPSA) is 123 Å². The van der Waals surface area contributed by atoms with Crippen LogP contribution in [0.1, 0.15) is 89.0 Å². The molecule has 4 rings (SSSR count). The van der Waals surface area contributed by atoms with Crippen molar-refractivity contribution < 1.29 is 28.7 Å². The molecule has 2 aliphatic carbocycles. The summed E-state index contributed by atoms with van der Waals surface area (Å²) in [7, 11) is 1.27. The Balaban J connectivity index is 1.40. The van der Waals surface area contributed by atoms with Crippen LogP contribution in [0.3, 0.4) is 0 Å². The first kappa shape index (κ1) is 30.2. The van der Waals surface area contributed by atoms with E-state index < -0.39 is 36.0 Å². The van der Waals surface area contributed by atoms with Crippen molar-refractivity contribution >= 4 is 35.5 Å². The van der Waals surface area contributed by atoms with E-state index in [4.69, 9.17) is 21.1 Å². The van der Waals surface area contributed by atoms with Crippen LogP contribution in [0, 0.1) is 11.8 Å². The SMILES string of the molecule is COC(=O)C(CC1CC2(CCCCC2)NC1=O)NC(=O)C(CC1CCCCC1)NC(=O)OCc1cccc(Cl)c1. The summed E-state index contributed by atoms with van der Waals surface area (Å²) >= 11 is 6.02. The number of hydrogen-bond donors (Lipinski definition) is 3. The maximum absolute atomic E-state index is 13.5. The van der Waals surface area contributed by atoms with E-state index in [1.54, 1.807) is 24.3 Å². The Morgan fingerprint density at radius 3 is 2.45 bits per heavy atom. The smallest absolute Gasteiger partial charge is 0.408 e. The fourth-order valence-electron chi connectivity index (χ4n) is 6.59. The van der Waals surface area contributed by atoms with Gasteiger partial charge in [0.2, 0.25) is 11.8 Å². The summed E-state index contributed by atoms with van der Waals surface area (Å²) in [4.78, 5) is 51.9. The first-order valence-corrected chi connectivity index (χ1v) is 15.0. The number of halogens is 1. The Bertz CT molecular complexity index is 1050. The average Bonchev–Trinajstić information content (AvgIpc) is 3.24. The molecule has 1 aromatic rings. The summed E-state index contributed by atoms with van der Waals surface area (Å²) in [5.41, 5.74) is 0.523. The maximum atomic E-state index is 13.5. The molecule has 1 aromatic carbocycles. The van der Waals surface area contributed by atoms with Crippen molar-refractivity contribution in [3.63, 3.8) is 0 Å². The molecule has 0 aromatic heterocycles. The van der Waals surface area contributed by atoms with Gasteiger partial charge in [0.15, 0.2) is 0 Å². The van der Waals surface area contributed by atoms with Gasteiger partial charge in [0.1, 0.15) is 18.7 Å². The van der Waals surface area contributed by atoms with Gasteiger partial charge in [0.25, 0.3) is 0 Å². The van der Waals surface area contributed by atoms with Gasteiger partial charge in [-0.3, -0.25) is 9.59 Å². The Labute approximate surface area is 241 Å². The van der Waals surface area contributed by atoms with Gasteiger partial charge in [0, 0.05) is 16.5 Å². The largest absolute Gasteiger partial charge is 0.467 e. The van der Waals surface area contributed by atoms with E-state index in [1.807, 2.05) is 0 Å². The number of carbonyl (C=O) groups is 4. The second kappa shape index (κ2) is 14.2. The molecule has 3 fully saturated rings. The summed E-state index contributed by atoms with van der Waals surface area (Å²) in [6, 6.07) is 5.12. The number of benzene rings is 1. The molecule has 3 N–H and O–H groups in total. The first-order chi connectivity index (χ1) is 19.3. The van der Waals surface area contributed by atoms with Crippen LogP contribution < -0.4 is 16.0 Å². The lowest BCUT2D eigenvalue weighted by Gasteiger charge is -2.33. The number of amides is 3. The van der Waals surface area contributed by atoms with Gasteiger partial charge in [-0.15, -0.1) is 0 Å². The molecule has 1 aliphatic heterocycles. The molecule has 1 heterocycles. The van der Waals surface area contributed by atoms with Crippen LogP contribution in [0.15, 0.2) is 24.3 Å². The van der Waals surface area contributed by atoms with Crippen molar-refractivity contribution in [1.82, 2.24) is 16.0 Å². The minimum atomic E-state index is -0.995. The van der Waals surface area contributed by atoms with Gasteiger partial charge >= 0.3 is 12.1 Å². The zero-order valence-corrected chi connectivity index (χ0v) is 24.1. The number of hydrogen-bond acceptors (Lipinski definition) is 6. The lowest BCUT2D eigenvalue weighted by Crippen LogP contribution is -2.53. The normalized spacial score (nSPS) is 22.1. The molecule has 9 nitrogen and oxygen atoms in total. The molecule has 220 valence electrons. The van der Waals surface area contributed by atoms with Crippen molar-refractivity contribution in [3.8, 4) is 0 Å². The van der Waals surface area contributed by atoms with Crippen LogP contribution in [0.25, 0.3) is 0 Å². The minimum absolute atomic E-state index is 0.00743. The van der Waals surface area contributed by atoms with E-state index in [-0.39, 0.29) is 30.4 Å². The fourth-order valence-corrected chi connectivity index (χ4v) is 6.80. The van der Waals surface area contributed by atoms with Gasteiger partial charge in [0.05, 0.1) is 7.11 Å². The summed E-state index contributed by atoms with van der Waals surface area (Å²) < 4.78 is 10.4. The van der Waals surface area contributed by atoms with Crippen molar-refractivity contribution in [1.29, 1.82) is 0 Å². The number of esters is 1. The molecule has 1 saturated heterocycles. The van der Waals surface area contributed by atoms with Gasteiger partial charge in [-0.05, 0) is 55.7 Å². The number of nitrogens with one attached hydrogen (secondary N) is 3. The summed E-state index contributed by atoms with van der Waals surface area (Å²) in [6.45, 7) is 0.00743. The molecule has 0 bridgehead atoms. The molecule has 10 heteroatoms.